The maximum atomic E-state index is 12.5. The predicted molar refractivity (Wildman–Crippen MR) is 168 cm³/mol. The number of carbonyl (C=O) groups is 4. The largest absolute Gasteiger partial charge is 0.419 e. The Labute approximate surface area is 256 Å². The Kier molecular flexibility index (Phi) is 11.0. The molecule has 226 valence electrons. The van der Waals surface area contributed by atoms with E-state index in [-0.39, 0.29) is 34.1 Å². The van der Waals surface area contributed by atoms with Crippen LogP contribution < -0.4 is 18.9 Å². The van der Waals surface area contributed by atoms with Gasteiger partial charge in [-0.25, -0.2) is 19.2 Å². The molecule has 0 bridgehead atoms. The maximum Gasteiger partial charge on any atom is 0.338 e. The Balaban J connectivity index is 1.98. The third-order valence-corrected chi connectivity index (χ3v) is 6.46. The van der Waals surface area contributed by atoms with Crippen molar-refractivity contribution in [3.8, 4) is 45.3 Å². The molecule has 0 fully saturated rings. The van der Waals surface area contributed by atoms with E-state index in [1.807, 2.05) is 24.3 Å². The summed E-state index contributed by atoms with van der Waals surface area (Å²) in [6, 6.07) is 17.2. The van der Waals surface area contributed by atoms with Crippen molar-refractivity contribution in [2.24, 2.45) is 0 Å². The monoisotopic (exact) mass is 594 g/mol. The lowest BCUT2D eigenvalue weighted by Gasteiger charge is -2.14. The molecule has 3 aromatic rings. The van der Waals surface area contributed by atoms with Gasteiger partial charge in [0.1, 0.15) is 0 Å². The van der Waals surface area contributed by atoms with Crippen LogP contribution in [0.3, 0.4) is 0 Å². The highest BCUT2D eigenvalue weighted by atomic mass is 16.6. The van der Waals surface area contributed by atoms with Gasteiger partial charge in [-0.15, -0.1) is 0 Å². The number of benzene rings is 3. The quantitative estimate of drug-likeness (QED) is 0.133. The molecule has 8 heteroatoms. The van der Waals surface area contributed by atoms with Crippen LogP contribution in [0.15, 0.2) is 108 Å². The molecule has 0 aliphatic rings. The van der Waals surface area contributed by atoms with Gasteiger partial charge in [0.2, 0.25) is 0 Å². The number of esters is 4. The minimum absolute atomic E-state index is 0.0788. The minimum atomic E-state index is -0.645. The van der Waals surface area contributed by atoms with Gasteiger partial charge in [-0.05, 0) is 88.1 Å². The molecule has 0 radical (unpaired) electrons. The summed E-state index contributed by atoms with van der Waals surface area (Å²) >= 11 is 0. The lowest BCUT2D eigenvalue weighted by molar-refractivity contribution is -0.132. The molecule has 0 amide bonds. The zero-order valence-corrected chi connectivity index (χ0v) is 25.6. The van der Waals surface area contributed by atoms with Crippen LogP contribution in [0.5, 0.6) is 23.0 Å². The number of hydrogen-bond donors (Lipinski definition) is 0. The fourth-order valence-electron chi connectivity index (χ4n) is 3.53. The predicted octanol–water partition coefficient (Wildman–Crippen LogP) is 7.73. The first kappa shape index (κ1) is 33.0. The molecule has 0 saturated heterocycles. The van der Waals surface area contributed by atoms with Crippen LogP contribution in [0.25, 0.3) is 22.3 Å². The van der Waals surface area contributed by atoms with Crippen molar-refractivity contribution in [1.82, 2.24) is 0 Å². The Morgan fingerprint density at radius 2 is 0.773 bits per heavy atom. The van der Waals surface area contributed by atoms with E-state index in [9.17, 15) is 19.2 Å². The number of hydrogen-bond acceptors (Lipinski definition) is 8. The second-order valence-corrected chi connectivity index (χ2v) is 9.96. The average molecular weight is 595 g/mol. The lowest BCUT2D eigenvalue weighted by atomic mass is 9.99. The first-order valence-corrected chi connectivity index (χ1v) is 13.7. The summed E-state index contributed by atoms with van der Waals surface area (Å²) in [4.78, 5) is 49.4. The van der Waals surface area contributed by atoms with Crippen molar-refractivity contribution in [2.75, 3.05) is 0 Å². The molecule has 0 heterocycles. The molecule has 0 aromatic heterocycles. The molecular weight excluding hydrogens is 560 g/mol. The molecule has 0 N–H and O–H groups in total. The number of rotatable bonds is 10. The molecule has 0 aliphatic carbocycles. The summed E-state index contributed by atoms with van der Waals surface area (Å²) < 4.78 is 21.9. The summed E-state index contributed by atoms with van der Waals surface area (Å²) in [6.45, 7) is 16.9. The summed E-state index contributed by atoms with van der Waals surface area (Å²) in [6.07, 6.45) is 3.24. The smallest absolute Gasteiger partial charge is 0.338 e. The average Bonchev–Trinajstić information content (AvgIpc) is 3.01. The zero-order valence-electron chi connectivity index (χ0n) is 25.6. The van der Waals surface area contributed by atoms with Crippen LogP contribution in [0.4, 0.5) is 0 Å². The van der Waals surface area contributed by atoms with E-state index in [0.29, 0.717) is 22.3 Å². The number of allylic oxidation sites excluding steroid dienone is 2. The molecule has 0 aliphatic heterocycles. The third-order valence-electron chi connectivity index (χ3n) is 6.46. The van der Waals surface area contributed by atoms with Gasteiger partial charge in [0.05, 0.1) is 0 Å². The van der Waals surface area contributed by atoms with Crippen LogP contribution in [0.2, 0.25) is 0 Å². The zero-order chi connectivity index (χ0) is 32.6. The van der Waals surface area contributed by atoms with Gasteiger partial charge in [-0.2, -0.15) is 0 Å². The summed E-state index contributed by atoms with van der Waals surface area (Å²) in [5.74, 6) is -2.12. The van der Waals surface area contributed by atoms with Gasteiger partial charge in [-0.1, -0.05) is 61.7 Å². The second kappa shape index (κ2) is 14.6. The fraction of sp³-hybridized carbons (Fsp3) is 0.167. The molecular formula is C36H34O8. The molecule has 3 rings (SSSR count). The van der Waals surface area contributed by atoms with E-state index in [1.165, 1.54) is 13.8 Å². The van der Waals surface area contributed by atoms with Gasteiger partial charge in [-0.3, -0.25) is 0 Å². The highest BCUT2D eigenvalue weighted by Gasteiger charge is 2.18. The van der Waals surface area contributed by atoms with Crippen LogP contribution in [0.1, 0.15) is 41.5 Å². The van der Waals surface area contributed by atoms with Gasteiger partial charge in [0.15, 0.2) is 23.0 Å². The van der Waals surface area contributed by atoms with E-state index < -0.39 is 23.9 Å². The van der Waals surface area contributed by atoms with E-state index in [1.54, 1.807) is 76.2 Å². The molecule has 0 unspecified atom stereocenters. The van der Waals surface area contributed by atoms with Gasteiger partial charge in [0, 0.05) is 22.3 Å². The van der Waals surface area contributed by atoms with Crippen molar-refractivity contribution >= 4 is 23.9 Å². The van der Waals surface area contributed by atoms with E-state index in [2.05, 4.69) is 13.2 Å². The van der Waals surface area contributed by atoms with Crippen molar-refractivity contribution in [1.29, 1.82) is 0 Å². The van der Waals surface area contributed by atoms with Crippen LogP contribution in [-0.2, 0) is 19.2 Å². The topological polar surface area (TPSA) is 105 Å². The standard InChI is InChI=1S/C36H34O8/c1-9-23(7)35(39)43-31-19-27(15-17-29(31)41-33(37)21(3)4)25-11-13-26(14-12-25)28-16-18-30(42-34(38)22(5)6)32(20-28)44-36(40)24(8)10-2/h9-20H,3,5H2,1-2,4,6-8H3/b23-9-,24-10-. The van der Waals surface area contributed by atoms with Crippen molar-refractivity contribution in [3.05, 3.63) is 108 Å². The summed E-state index contributed by atoms with van der Waals surface area (Å²) in [5, 5.41) is 0. The van der Waals surface area contributed by atoms with Gasteiger partial charge in [0.25, 0.3) is 0 Å². The number of ether oxygens (including phenoxy) is 4. The molecule has 44 heavy (non-hydrogen) atoms. The SMILES string of the molecule is C=C(C)C(=O)Oc1ccc(-c2ccc(-c3ccc(OC(=O)C(=C)C)c(OC(=O)/C(C)=C\C)c3)cc2)cc1OC(=O)/C(C)=C\C. The van der Waals surface area contributed by atoms with E-state index >= 15 is 0 Å². The molecule has 0 saturated carbocycles. The van der Waals surface area contributed by atoms with Crippen LogP contribution >= 0.6 is 0 Å². The van der Waals surface area contributed by atoms with Crippen molar-refractivity contribution in [2.45, 2.75) is 41.5 Å². The van der Waals surface area contributed by atoms with Crippen LogP contribution in [0, 0.1) is 0 Å². The molecule has 0 spiro atoms. The van der Waals surface area contributed by atoms with Crippen molar-refractivity contribution in [3.63, 3.8) is 0 Å². The summed E-state index contributed by atoms with van der Waals surface area (Å²) in [7, 11) is 0. The van der Waals surface area contributed by atoms with E-state index in [4.69, 9.17) is 18.9 Å². The summed E-state index contributed by atoms with van der Waals surface area (Å²) in [5.41, 5.74) is 4.15. The first-order valence-electron chi connectivity index (χ1n) is 13.7. The van der Waals surface area contributed by atoms with E-state index in [0.717, 1.165) is 11.1 Å². The Hall–Kier alpha value is -5.50. The Bertz CT molecular complexity index is 1580. The normalized spacial score (nSPS) is 11.3. The van der Waals surface area contributed by atoms with Gasteiger partial charge >= 0.3 is 23.9 Å². The van der Waals surface area contributed by atoms with Crippen LogP contribution in [-0.4, -0.2) is 23.9 Å². The van der Waals surface area contributed by atoms with Gasteiger partial charge < -0.3 is 18.9 Å². The molecule has 3 aromatic carbocycles. The maximum absolute atomic E-state index is 12.5. The molecule has 8 nitrogen and oxygen atoms in total. The Morgan fingerprint density at radius 3 is 1.07 bits per heavy atom. The van der Waals surface area contributed by atoms with Crippen molar-refractivity contribution < 1.29 is 38.1 Å². The minimum Gasteiger partial charge on any atom is -0.419 e. The highest BCUT2D eigenvalue weighted by Crippen LogP contribution is 2.37. The molecule has 0 atom stereocenters. The highest BCUT2D eigenvalue weighted by molar-refractivity contribution is 5.93. The second-order valence-electron chi connectivity index (χ2n) is 9.96. The number of carbonyl (C=O) groups excluding carboxylic acids is 4. The Morgan fingerprint density at radius 1 is 0.477 bits per heavy atom. The fourth-order valence-corrected chi connectivity index (χ4v) is 3.53. The lowest BCUT2D eigenvalue weighted by Crippen LogP contribution is -2.13. The third kappa shape index (κ3) is 8.29. The first-order chi connectivity index (χ1) is 20.8.